The van der Waals surface area contributed by atoms with Gasteiger partial charge in [0.1, 0.15) is 0 Å². The maximum atomic E-state index is 12.5. The maximum absolute atomic E-state index is 12.5. The van der Waals surface area contributed by atoms with Crippen LogP contribution in [0.4, 0.5) is 0 Å². The lowest BCUT2D eigenvalue weighted by molar-refractivity contribution is -0.119. The van der Waals surface area contributed by atoms with Crippen molar-refractivity contribution >= 4 is 11.8 Å². The second-order valence-electron chi connectivity index (χ2n) is 5.62. The van der Waals surface area contributed by atoms with Gasteiger partial charge in [0, 0.05) is 24.6 Å². The van der Waals surface area contributed by atoms with Crippen LogP contribution in [0.25, 0.3) is 0 Å². The zero-order chi connectivity index (χ0) is 15.6. The van der Waals surface area contributed by atoms with Gasteiger partial charge in [-0.25, -0.2) is 0 Å². The highest BCUT2D eigenvalue weighted by Crippen LogP contribution is 2.21. The van der Waals surface area contributed by atoms with Crippen molar-refractivity contribution in [1.29, 1.82) is 0 Å². The molecule has 1 heterocycles. The first-order chi connectivity index (χ1) is 9.90. The minimum absolute atomic E-state index is 0.0405. The molecule has 3 atom stereocenters. The van der Waals surface area contributed by atoms with Gasteiger partial charge in [0.05, 0.1) is 6.04 Å². The Bertz CT molecular complexity index is 551. The molecule has 0 fully saturated rings. The van der Waals surface area contributed by atoms with E-state index in [1.807, 2.05) is 49.9 Å². The van der Waals surface area contributed by atoms with Gasteiger partial charge in [-0.15, -0.1) is 0 Å². The molecule has 0 saturated heterocycles. The summed E-state index contributed by atoms with van der Waals surface area (Å²) in [7, 11) is 0. The Hall–Kier alpha value is -2.10. The van der Waals surface area contributed by atoms with E-state index in [9.17, 15) is 9.59 Å². The zero-order valence-corrected chi connectivity index (χ0v) is 13.0. The molecular formula is C17H22N2O2. The SMILES string of the molecule is CC(=O)NC(C)c1ccc(C(=O)N2C(C)C=CC2C)cc1. The van der Waals surface area contributed by atoms with Gasteiger partial charge < -0.3 is 10.2 Å². The summed E-state index contributed by atoms with van der Waals surface area (Å²) in [5, 5.41) is 2.83. The Balaban J connectivity index is 2.12. The van der Waals surface area contributed by atoms with Gasteiger partial charge in [-0.05, 0) is 38.5 Å². The molecule has 21 heavy (non-hydrogen) atoms. The standard InChI is InChI=1S/C17H22N2O2/c1-11-5-6-12(2)19(11)17(21)16-9-7-15(8-10-16)13(3)18-14(4)20/h5-13H,1-4H3,(H,18,20). The van der Waals surface area contributed by atoms with Crippen molar-refractivity contribution in [2.75, 3.05) is 0 Å². The molecule has 2 rings (SSSR count). The summed E-state index contributed by atoms with van der Waals surface area (Å²) in [5.74, 6) is -0.0211. The largest absolute Gasteiger partial charge is 0.350 e. The summed E-state index contributed by atoms with van der Waals surface area (Å²) >= 11 is 0. The fourth-order valence-electron chi connectivity index (χ4n) is 2.70. The Labute approximate surface area is 125 Å². The fraction of sp³-hybridized carbons (Fsp3) is 0.412. The number of carbonyl (C=O) groups excluding carboxylic acids is 2. The third-order valence-corrected chi connectivity index (χ3v) is 3.86. The number of carbonyl (C=O) groups is 2. The van der Waals surface area contributed by atoms with Crippen molar-refractivity contribution in [2.45, 2.75) is 45.8 Å². The van der Waals surface area contributed by atoms with E-state index in [0.29, 0.717) is 5.56 Å². The molecule has 0 aromatic heterocycles. The van der Waals surface area contributed by atoms with Crippen LogP contribution in [-0.2, 0) is 4.79 Å². The molecule has 1 N–H and O–H groups in total. The van der Waals surface area contributed by atoms with Crippen molar-refractivity contribution in [2.24, 2.45) is 0 Å². The fourth-order valence-corrected chi connectivity index (χ4v) is 2.70. The topological polar surface area (TPSA) is 49.4 Å². The molecule has 0 spiro atoms. The van der Waals surface area contributed by atoms with E-state index in [-0.39, 0.29) is 29.9 Å². The molecule has 1 aliphatic heterocycles. The van der Waals surface area contributed by atoms with E-state index in [1.54, 1.807) is 0 Å². The van der Waals surface area contributed by atoms with Crippen molar-refractivity contribution in [3.05, 3.63) is 47.5 Å². The summed E-state index contributed by atoms with van der Waals surface area (Å²) in [5.41, 5.74) is 1.67. The number of benzene rings is 1. The van der Waals surface area contributed by atoms with E-state index in [0.717, 1.165) is 5.56 Å². The quantitative estimate of drug-likeness (QED) is 0.868. The van der Waals surface area contributed by atoms with Crippen molar-refractivity contribution < 1.29 is 9.59 Å². The second-order valence-corrected chi connectivity index (χ2v) is 5.62. The number of hydrogen-bond acceptors (Lipinski definition) is 2. The third kappa shape index (κ3) is 3.32. The number of nitrogens with zero attached hydrogens (tertiary/aromatic N) is 1. The molecule has 4 nitrogen and oxygen atoms in total. The smallest absolute Gasteiger partial charge is 0.254 e. The van der Waals surface area contributed by atoms with Crippen LogP contribution in [0, 0.1) is 0 Å². The minimum Gasteiger partial charge on any atom is -0.350 e. The molecule has 112 valence electrons. The number of amides is 2. The molecule has 1 aliphatic rings. The normalized spacial score (nSPS) is 22.2. The van der Waals surface area contributed by atoms with Crippen LogP contribution in [-0.4, -0.2) is 28.8 Å². The van der Waals surface area contributed by atoms with Crippen LogP contribution >= 0.6 is 0 Å². The molecule has 2 amide bonds. The first kappa shape index (κ1) is 15.3. The van der Waals surface area contributed by atoms with Gasteiger partial charge >= 0.3 is 0 Å². The summed E-state index contributed by atoms with van der Waals surface area (Å²) < 4.78 is 0. The molecular weight excluding hydrogens is 264 g/mol. The molecule has 0 bridgehead atoms. The summed E-state index contributed by atoms with van der Waals surface area (Å²) in [6.45, 7) is 7.46. The molecule has 0 saturated carbocycles. The summed E-state index contributed by atoms with van der Waals surface area (Å²) in [6.07, 6.45) is 4.10. The van der Waals surface area contributed by atoms with E-state index in [4.69, 9.17) is 0 Å². The average molecular weight is 286 g/mol. The zero-order valence-electron chi connectivity index (χ0n) is 13.0. The lowest BCUT2D eigenvalue weighted by Gasteiger charge is -2.26. The first-order valence-corrected chi connectivity index (χ1v) is 7.28. The molecule has 3 unspecified atom stereocenters. The van der Waals surface area contributed by atoms with Crippen molar-refractivity contribution in [3.63, 3.8) is 0 Å². The Morgan fingerprint density at radius 3 is 2.10 bits per heavy atom. The van der Waals surface area contributed by atoms with Crippen LogP contribution in [0.3, 0.4) is 0 Å². The highest BCUT2D eigenvalue weighted by atomic mass is 16.2. The minimum atomic E-state index is -0.0616. The van der Waals surface area contributed by atoms with Gasteiger partial charge in [0.25, 0.3) is 5.91 Å². The lowest BCUT2D eigenvalue weighted by atomic mass is 10.0. The monoisotopic (exact) mass is 286 g/mol. The van der Waals surface area contributed by atoms with Crippen LogP contribution in [0.5, 0.6) is 0 Å². The first-order valence-electron chi connectivity index (χ1n) is 7.28. The average Bonchev–Trinajstić information content (AvgIpc) is 2.77. The summed E-state index contributed by atoms with van der Waals surface area (Å²) in [6, 6.07) is 7.65. The molecule has 1 aromatic rings. The van der Waals surface area contributed by atoms with Crippen LogP contribution < -0.4 is 5.32 Å². The second kappa shape index (κ2) is 6.12. The van der Waals surface area contributed by atoms with Crippen LogP contribution in [0.1, 0.15) is 49.7 Å². The number of rotatable bonds is 3. The van der Waals surface area contributed by atoms with Gasteiger partial charge in [0.15, 0.2) is 0 Å². The Morgan fingerprint density at radius 2 is 1.62 bits per heavy atom. The van der Waals surface area contributed by atoms with Crippen molar-refractivity contribution in [1.82, 2.24) is 10.2 Å². The summed E-state index contributed by atoms with van der Waals surface area (Å²) in [4.78, 5) is 25.5. The van der Waals surface area contributed by atoms with E-state index in [2.05, 4.69) is 17.5 Å². The predicted molar refractivity (Wildman–Crippen MR) is 82.9 cm³/mol. The van der Waals surface area contributed by atoms with Gasteiger partial charge in [-0.2, -0.15) is 0 Å². The van der Waals surface area contributed by atoms with E-state index in [1.165, 1.54) is 6.92 Å². The van der Waals surface area contributed by atoms with Crippen LogP contribution in [0.2, 0.25) is 0 Å². The van der Waals surface area contributed by atoms with Gasteiger partial charge in [0.2, 0.25) is 5.91 Å². The number of nitrogens with one attached hydrogen (secondary N) is 1. The highest BCUT2D eigenvalue weighted by molar-refractivity contribution is 5.95. The maximum Gasteiger partial charge on any atom is 0.254 e. The molecule has 0 radical (unpaired) electrons. The van der Waals surface area contributed by atoms with Gasteiger partial charge in [-0.3, -0.25) is 9.59 Å². The molecule has 4 heteroatoms. The lowest BCUT2D eigenvalue weighted by Crippen LogP contribution is -2.39. The van der Waals surface area contributed by atoms with E-state index < -0.39 is 0 Å². The third-order valence-electron chi connectivity index (χ3n) is 3.86. The van der Waals surface area contributed by atoms with E-state index >= 15 is 0 Å². The van der Waals surface area contributed by atoms with Crippen molar-refractivity contribution in [3.8, 4) is 0 Å². The van der Waals surface area contributed by atoms with Crippen LogP contribution in [0.15, 0.2) is 36.4 Å². The van der Waals surface area contributed by atoms with Gasteiger partial charge in [-0.1, -0.05) is 24.3 Å². The highest BCUT2D eigenvalue weighted by Gasteiger charge is 2.27. The number of hydrogen-bond donors (Lipinski definition) is 1. The Morgan fingerprint density at radius 1 is 1.10 bits per heavy atom. The molecule has 1 aromatic carbocycles. The molecule has 0 aliphatic carbocycles. The Kier molecular flexibility index (Phi) is 4.46. The predicted octanol–water partition coefficient (Wildman–Crippen LogP) is 2.67.